The third kappa shape index (κ3) is 2.68. The Hall–Kier alpha value is -1.33. The van der Waals surface area contributed by atoms with Gasteiger partial charge in [-0.05, 0) is 41.9 Å². The summed E-state index contributed by atoms with van der Waals surface area (Å²) in [6.07, 6.45) is 3.46. The average Bonchev–Trinajstić information content (AvgIpc) is 2.29. The highest BCUT2D eigenvalue weighted by Gasteiger charge is 2.13. The Morgan fingerprint density at radius 3 is 2.59 bits per heavy atom. The molecule has 0 aliphatic rings. The number of aromatic nitrogens is 3. The van der Waals surface area contributed by atoms with Gasteiger partial charge < -0.3 is 5.73 Å². The maximum atomic E-state index is 5.89. The Morgan fingerprint density at radius 2 is 2.00 bits per heavy atom. The van der Waals surface area contributed by atoms with Gasteiger partial charge in [-0.15, -0.1) is 0 Å². The highest BCUT2D eigenvalue weighted by molar-refractivity contribution is 9.10. The molecule has 5 heteroatoms. The quantitative estimate of drug-likeness (QED) is 0.924. The second-order valence-corrected chi connectivity index (χ2v) is 4.81. The summed E-state index contributed by atoms with van der Waals surface area (Å²) in [6, 6.07) is 3.67. The van der Waals surface area contributed by atoms with Crippen molar-refractivity contribution in [2.45, 2.75) is 19.9 Å². The summed E-state index contributed by atoms with van der Waals surface area (Å²) in [7, 11) is 0. The lowest BCUT2D eigenvalue weighted by Gasteiger charge is -2.10. The Balaban J connectivity index is 2.56. The van der Waals surface area contributed by atoms with Gasteiger partial charge in [0.15, 0.2) is 0 Å². The predicted molar refractivity (Wildman–Crippen MR) is 70.3 cm³/mol. The lowest BCUT2D eigenvalue weighted by Crippen LogP contribution is -2.11. The van der Waals surface area contributed by atoms with Crippen molar-refractivity contribution < 1.29 is 0 Å². The fourth-order valence-electron chi connectivity index (χ4n) is 1.52. The Bertz CT molecular complexity index is 523. The van der Waals surface area contributed by atoms with Crippen LogP contribution in [-0.2, 0) is 0 Å². The van der Waals surface area contributed by atoms with Crippen LogP contribution in [0.2, 0.25) is 0 Å². The van der Waals surface area contributed by atoms with Gasteiger partial charge in [-0.1, -0.05) is 0 Å². The molecule has 0 radical (unpaired) electrons. The molecule has 2 rings (SSSR count). The molecule has 0 aromatic carbocycles. The maximum absolute atomic E-state index is 5.89. The lowest BCUT2D eigenvalue weighted by atomic mass is 10.1. The molecule has 0 aliphatic heterocycles. The van der Waals surface area contributed by atoms with E-state index >= 15 is 0 Å². The zero-order valence-corrected chi connectivity index (χ0v) is 11.3. The molecular formula is C12H13BrN4. The second-order valence-electron chi connectivity index (χ2n) is 3.90. The Labute approximate surface area is 108 Å². The van der Waals surface area contributed by atoms with Crippen LogP contribution in [0.1, 0.15) is 24.4 Å². The largest absolute Gasteiger partial charge is 0.323 e. The van der Waals surface area contributed by atoms with Crippen LogP contribution in [0.4, 0.5) is 0 Å². The minimum absolute atomic E-state index is 0.163. The van der Waals surface area contributed by atoms with Gasteiger partial charge in [0.25, 0.3) is 0 Å². The van der Waals surface area contributed by atoms with E-state index in [4.69, 9.17) is 5.73 Å². The summed E-state index contributed by atoms with van der Waals surface area (Å²) in [5.74, 6) is 0. The highest BCUT2D eigenvalue weighted by atomic mass is 79.9. The summed E-state index contributed by atoms with van der Waals surface area (Å²) in [5.41, 5.74) is 9.06. The van der Waals surface area contributed by atoms with Crippen molar-refractivity contribution in [3.8, 4) is 11.4 Å². The van der Waals surface area contributed by atoms with Crippen LogP contribution in [0.3, 0.4) is 0 Å². The van der Waals surface area contributed by atoms with E-state index < -0.39 is 0 Å². The van der Waals surface area contributed by atoms with Crippen molar-refractivity contribution in [3.05, 3.63) is 40.4 Å². The van der Waals surface area contributed by atoms with E-state index in [0.717, 1.165) is 27.2 Å². The van der Waals surface area contributed by atoms with Crippen molar-refractivity contribution in [1.82, 2.24) is 15.0 Å². The molecule has 0 amide bonds. The first-order chi connectivity index (χ1) is 8.08. The Kier molecular flexibility index (Phi) is 3.49. The molecule has 1 atom stereocenters. The molecule has 0 bridgehead atoms. The zero-order valence-electron chi connectivity index (χ0n) is 9.68. The number of nitrogens with zero attached hydrogens (tertiary/aromatic N) is 3. The summed E-state index contributed by atoms with van der Waals surface area (Å²) >= 11 is 3.36. The molecule has 2 aromatic heterocycles. The summed E-state index contributed by atoms with van der Waals surface area (Å²) in [6.45, 7) is 3.79. The fourth-order valence-corrected chi connectivity index (χ4v) is 1.76. The highest BCUT2D eigenvalue weighted by Crippen LogP contribution is 2.23. The SMILES string of the molecule is Cc1cnc(C(C)N)c(-c2ccc(Br)cn2)n1. The van der Waals surface area contributed by atoms with Gasteiger partial charge in [0.05, 0.1) is 17.1 Å². The lowest BCUT2D eigenvalue weighted by molar-refractivity contribution is 0.771. The first-order valence-corrected chi connectivity index (χ1v) is 6.08. The maximum Gasteiger partial charge on any atom is 0.112 e. The normalized spacial score (nSPS) is 12.5. The summed E-state index contributed by atoms with van der Waals surface area (Å²) in [5, 5.41) is 0. The molecule has 2 N–H and O–H groups in total. The van der Waals surface area contributed by atoms with Crippen LogP contribution in [0.15, 0.2) is 29.0 Å². The van der Waals surface area contributed by atoms with E-state index in [1.165, 1.54) is 0 Å². The molecule has 4 nitrogen and oxygen atoms in total. The summed E-state index contributed by atoms with van der Waals surface area (Å²) in [4.78, 5) is 13.1. The van der Waals surface area contributed by atoms with Crippen molar-refractivity contribution in [1.29, 1.82) is 0 Å². The van der Waals surface area contributed by atoms with Gasteiger partial charge in [0, 0.05) is 22.9 Å². The smallest absolute Gasteiger partial charge is 0.112 e. The summed E-state index contributed by atoms with van der Waals surface area (Å²) < 4.78 is 0.934. The first-order valence-electron chi connectivity index (χ1n) is 5.29. The van der Waals surface area contributed by atoms with Gasteiger partial charge >= 0.3 is 0 Å². The minimum atomic E-state index is -0.163. The standard InChI is InChI=1S/C12H13BrN4/c1-7-5-16-11(8(2)14)12(17-7)10-4-3-9(13)6-15-10/h3-6,8H,14H2,1-2H3. The molecule has 1 unspecified atom stereocenters. The van der Waals surface area contributed by atoms with Crippen molar-refractivity contribution in [3.63, 3.8) is 0 Å². The minimum Gasteiger partial charge on any atom is -0.323 e. The first kappa shape index (κ1) is 12.1. The number of aryl methyl sites for hydroxylation is 1. The van der Waals surface area contributed by atoms with Crippen LogP contribution in [0.25, 0.3) is 11.4 Å². The van der Waals surface area contributed by atoms with Crippen molar-refractivity contribution in [2.24, 2.45) is 5.73 Å². The van der Waals surface area contributed by atoms with Crippen LogP contribution < -0.4 is 5.73 Å². The van der Waals surface area contributed by atoms with Crippen molar-refractivity contribution >= 4 is 15.9 Å². The number of hydrogen-bond donors (Lipinski definition) is 1. The third-order valence-electron chi connectivity index (χ3n) is 2.32. The second kappa shape index (κ2) is 4.89. The van der Waals surface area contributed by atoms with Crippen molar-refractivity contribution in [2.75, 3.05) is 0 Å². The van der Waals surface area contributed by atoms with Crippen LogP contribution in [-0.4, -0.2) is 15.0 Å². The number of halogens is 1. The Morgan fingerprint density at radius 1 is 1.24 bits per heavy atom. The number of pyridine rings is 1. The van der Waals surface area contributed by atoms with Crippen LogP contribution in [0.5, 0.6) is 0 Å². The molecular weight excluding hydrogens is 280 g/mol. The molecule has 0 fully saturated rings. The monoisotopic (exact) mass is 292 g/mol. The number of hydrogen-bond acceptors (Lipinski definition) is 4. The van der Waals surface area contributed by atoms with Gasteiger partial charge in [-0.2, -0.15) is 0 Å². The molecule has 2 heterocycles. The van der Waals surface area contributed by atoms with E-state index in [1.807, 2.05) is 26.0 Å². The van der Waals surface area contributed by atoms with Gasteiger partial charge in [0.2, 0.25) is 0 Å². The molecule has 88 valence electrons. The average molecular weight is 293 g/mol. The fraction of sp³-hybridized carbons (Fsp3) is 0.250. The molecule has 0 saturated carbocycles. The molecule has 17 heavy (non-hydrogen) atoms. The van der Waals surface area contributed by atoms with E-state index in [-0.39, 0.29) is 6.04 Å². The van der Waals surface area contributed by atoms with E-state index in [2.05, 4.69) is 30.9 Å². The topological polar surface area (TPSA) is 64.7 Å². The zero-order chi connectivity index (χ0) is 12.4. The van der Waals surface area contributed by atoms with Gasteiger partial charge in [-0.3, -0.25) is 9.97 Å². The predicted octanol–water partition coefficient (Wildman–Crippen LogP) is 2.63. The van der Waals surface area contributed by atoms with E-state index in [0.29, 0.717) is 0 Å². The van der Waals surface area contributed by atoms with E-state index in [9.17, 15) is 0 Å². The number of rotatable bonds is 2. The van der Waals surface area contributed by atoms with Crippen LogP contribution in [0, 0.1) is 6.92 Å². The van der Waals surface area contributed by atoms with Gasteiger partial charge in [0.1, 0.15) is 5.69 Å². The van der Waals surface area contributed by atoms with Gasteiger partial charge in [-0.25, -0.2) is 4.98 Å². The molecule has 0 saturated heterocycles. The number of nitrogens with two attached hydrogens (primary N) is 1. The molecule has 0 spiro atoms. The third-order valence-corrected chi connectivity index (χ3v) is 2.79. The van der Waals surface area contributed by atoms with Crippen LogP contribution >= 0.6 is 15.9 Å². The molecule has 2 aromatic rings. The molecule has 0 aliphatic carbocycles. The van der Waals surface area contributed by atoms with E-state index in [1.54, 1.807) is 12.4 Å².